The molecule has 1 aliphatic heterocycles. The number of primary amides is 1. The Labute approximate surface area is 177 Å². The summed E-state index contributed by atoms with van der Waals surface area (Å²) in [6.07, 6.45) is 0.592. The van der Waals surface area contributed by atoms with Gasteiger partial charge in [0.25, 0.3) is 11.8 Å². The molecular weight excluding hydrogens is 402 g/mol. The third kappa shape index (κ3) is 3.42. The van der Waals surface area contributed by atoms with Gasteiger partial charge in [-0.1, -0.05) is 18.2 Å². The van der Waals surface area contributed by atoms with Crippen molar-refractivity contribution in [3.05, 3.63) is 62.3 Å². The van der Waals surface area contributed by atoms with Gasteiger partial charge < -0.3 is 20.8 Å². The van der Waals surface area contributed by atoms with E-state index in [1.54, 1.807) is 24.3 Å². The predicted molar refractivity (Wildman–Crippen MR) is 117 cm³/mol. The van der Waals surface area contributed by atoms with E-state index in [9.17, 15) is 14.4 Å². The van der Waals surface area contributed by atoms with Crippen molar-refractivity contribution in [1.82, 2.24) is 5.32 Å². The van der Waals surface area contributed by atoms with Crippen LogP contribution in [0.25, 0.3) is 11.0 Å². The van der Waals surface area contributed by atoms with Gasteiger partial charge in [-0.25, -0.2) is 4.79 Å². The molecule has 3 heterocycles. The van der Waals surface area contributed by atoms with Crippen LogP contribution in [0, 0.1) is 0 Å². The Morgan fingerprint density at radius 2 is 1.90 bits per heavy atom. The van der Waals surface area contributed by atoms with Crippen LogP contribution in [-0.4, -0.2) is 17.4 Å². The maximum absolute atomic E-state index is 12.9. The SMILES string of the molecule is CC1(C)Cc2c(sc(NC(=O)c3cc4ccccc4oc3=O)c2C(N)=O)C(C)(C)N1. The summed E-state index contributed by atoms with van der Waals surface area (Å²) in [7, 11) is 0. The summed E-state index contributed by atoms with van der Waals surface area (Å²) in [6, 6.07) is 8.44. The highest BCUT2D eigenvalue weighted by Gasteiger charge is 2.41. The van der Waals surface area contributed by atoms with Gasteiger partial charge in [0.05, 0.1) is 5.56 Å². The molecule has 2 amide bonds. The molecule has 4 rings (SSSR count). The number of anilines is 1. The fourth-order valence-electron chi connectivity index (χ4n) is 4.27. The standard InChI is InChI=1S/C22H23N3O4S/c1-21(2)10-13-15(17(23)26)19(30-16(13)22(3,4)25-21)24-18(27)12-9-11-7-5-6-8-14(11)29-20(12)28/h5-9,25H,10H2,1-4H3,(H2,23,26)(H,24,27). The average Bonchev–Trinajstić information content (AvgIpc) is 2.98. The Bertz CT molecular complexity index is 1250. The highest BCUT2D eigenvalue weighted by Crippen LogP contribution is 2.45. The first-order valence-corrected chi connectivity index (χ1v) is 10.4. The van der Waals surface area contributed by atoms with E-state index in [4.69, 9.17) is 10.2 Å². The third-order valence-electron chi connectivity index (χ3n) is 5.20. The Balaban J connectivity index is 1.78. The molecule has 3 aromatic rings. The number of benzene rings is 1. The van der Waals surface area contributed by atoms with E-state index >= 15 is 0 Å². The smallest absolute Gasteiger partial charge is 0.349 e. The lowest BCUT2D eigenvalue weighted by molar-refractivity contribution is 0.0999. The number of nitrogens with two attached hydrogens (primary N) is 1. The zero-order valence-electron chi connectivity index (χ0n) is 17.2. The summed E-state index contributed by atoms with van der Waals surface area (Å²) in [5, 5.41) is 7.27. The molecule has 0 saturated heterocycles. The van der Waals surface area contributed by atoms with Crippen LogP contribution in [0.5, 0.6) is 0 Å². The van der Waals surface area contributed by atoms with Crippen LogP contribution in [0.3, 0.4) is 0 Å². The Morgan fingerprint density at radius 1 is 1.20 bits per heavy atom. The highest BCUT2D eigenvalue weighted by atomic mass is 32.1. The number of para-hydroxylation sites is 1. The van der Waals surface area contributed by atoms with Crippen LogP contribution in [-0.2, 0) is 12.0 Å². The van der Waals surface area contributed by atoms with Crippen molar-refractivity contribution in [1.29, 1.82) is 0 Å². The fraction of sp³-hybridized carbons (Fsp3) is 0.318. The second-order valence-electron chi connectivity index (χ2n) is 8.73. The lowest BCUT2D eigenvalue weighted by atomic mass is 9.81. The molecule has 0 atom stereocenters. The molecule has 0 unspecified atom stereocenters. The van der Waals surface area contributed by atoms with Gasteiger partial charge in [0.2, 0.25) is 0 Å². The second kappa shape index (κ2) is 6.78. The third-order valence-corrected chi connectivity index (χ3v) is 6.67. The van der Waals surface area contributed by atoms with Crippen LogP contribution in [0.4, 0.5) is 5.00 Å². The number of thiophene rings is 1. The van der Waals surface area contributed by atoms with Crippen LogP contribution < -0.4 is 22.0 Å². The van der Waals surface area contributed by atoms with Crippen LogP contribution in [0.15, 0.2) is 39.5 Å². The number of amides is 2. The van der Waals surface area contributed by atoms with Crippen molar-refractivity contribution in [3.63, 3.8) is 0 Å². The van der Waals surface area contributed by atoms with Gasteiger partial charge in [-0.2, -0.15) is 0 Å². The van der Waals surface area contributed by atoms with Gasteiger partial charge >= 0.3 is 5.63 Å². The molecule has 1 aliphatic rings. The number of rotatable bonds is 3. The van der Waals surface area contributed by atoms with Crippen LogP contribution >= 0.6 is 11.3 Å². The zero-order valence-corrected chi connectivity index (χ0v) is 18.0. The summed E-state index contributed by atoms with van der Waals surface area (Å²) in [5.41, 5.74) is 5.71. The molecule has 30 heavy (non-hydrogen) atoms. The zero-order chi connectivity index (χ0) is 21.8. The van der Waals surface area contributed by atoms with Crippen molar-refractivity contribution in [2.24, 2.45) is 5.73 Å². The lowest BCUT2D eigenvalue weighted by Gasteiger charge is -2.42. The maximum atomic E-state index is 12.9. The van der Waals surface area contributed by atoms with Gasteiger partial charge in [-0.05, 0) is 51.8 Å². The van der Waals surface area contributed by atoms with Gasteiger partial charge in [-0.15, -0.1) is 11.3 Å². The summed E-state index contributed by atoms with van der Waals surface area (Å²) < 4.78 is 5.26. The minimum atomic E-state index is -0.740. The number of carbonyl (C=O) groups excluding carboxylic acids is 2. The van der Waals surface area contributed by atoms with E-state index in [2.05, 4.69) is 24.5 Å². The Morgan fingerprint density at radius 3 is 2.60 bits per heavy atom. The molecule has 0 saturated carbocycles. The van der Waals surface area contributed by atoms with E-state index in [0.717, 1.165) is 10.4 Å². The molecule has 7 nitrogen and oxygen atoms in total. The van der Waals surface area contributed by atoms with Crippen molar-refractivity contribution >= 4 is 39.1 Å². The van der Waals surface area contributed by atoms with Crippen molar-refractivity contribution < 1.29 is 14.0 Å². The van der Waals surface area contributed by atoms with Crippen LogP contribution in [0.2, 0.25) is 0 Å². The molecular formula is C22H23N3O4S. The summed E-state index contributed by atoms with van der Waals surface area (Å²) >= 11 is 1.30. The molecule has 0 spiro atoms. The minimum Gasteiger partial charge on any atom is -0.422 e. The van der Waals surface area contributed by atoms with E-state index in [0.29, 0.717) is 28.0 Å². The minimum absolute atomic E-state index is 0.131. The van der Waals surface area contributed by atoms with E-state index < -0.39 is 23.0 Å². The molecule has 0 bridgehead atoms. The quantitative estimate of drug-likeness (QED) is 0.557. The van der Waals surface area contributed by atoms with Gasteiger partial charge in [0.1, 0.15) is 16.1 Å². The Hall–Kier alpha value is -2.97. The van der Waals surface area contributed by atoms with Gasteiger partial charge in [0, 0.05) is 21.3 Å². The molecule has 0 aliphatic carbocycles. The van der Waals surface area contributed by atoms with Gasteiger partial charge in [-0.3, -0.25) is 9.59 Å². The molecule has 8 heteroatoms. The maximum Gasteiger partial charge on any atom is 0.349 e. The summed E-state index contributed by atoms with van der Waals surface area (Å²) in [6.45, 7) is 8.16. The van der Waals surface area contributed by atoms with Crippen molar-refractivity contribution in [2.75, 3.05) is 5.32 Å². The Kier molecular flexibility index (Phi) is 4.59. The van der Waals surface area contributed by atoms with Crippen LogP contribution in [0.1, 0.15) is 58.9 Å². The number of fused-ring (bicyclic) bond motifs is 2. The molecule has 0 radical (unpaired) electrons. The van der Waals surface area contributed by atoms with E-state index in [1.807, 2.05) is 13.8 Å². The first kappa shape index (κ1) is 20.3. The number of hydrogen-bond acceptors (Lipinski definition) is 6. The number of nitrogens with one attached hydrogen (secondary N) is 2. The normalized spacial score (nSPS) is 16.8. The predicted octanol–water partition coefficient (Wildman–Crippen LogP) is 3.37. The second-order valence-corrected chi connectivity index (χ2v) is 9.75. The first-order chi connectivity index (χ1) is 14.0. The monoisotopic (exact) mass is 425 g/mol. The number of hydrogen-bond donors (Lipinski definition) is 3. The fourth-order valence-corrected chi connectivity index (χ4v) is 5.54. The van der Waals surface area contributed by atoms with Crippen molar-refractivity contribution in [2.45, 2.75) is 45.2 Å². The summed E-state index contributed by atoms with van der Waals surface area (Å²) in [4.78, 5) is 38.5. The number of carbonyl (C=O) groups is 2. The highest BCUT2D eigenvalue weighted by molar-refractivity contribution is 7.17. The first-order valence-electron chi connectivity index (χ1n) is 9.58. The van der Waals surface area contributed by atoms with E-state index in [-0.39, 0.29) is 11.1 Å². The largest absolute Gasteiger partial charge is 0.422 e. The molecule has 0 fully saturated rings. The lowest BCUT2D eigenvalue weighted by Crippen LogP contribution is -2.55. The molecule has 1 aromatic carbocycles. The summed E-state index contributed by atoms with van der Waals surface area (Å²) in [5.74, 6) is -1.25. The van der Waals surface area contributed by atoms with Gasteiger partial charge in [0.15, 0.2) is 0 Å². The van der Waals surface area contributed by atoms with E-state index in [1.165, 1.54) is 17.4 Å². The van der Waals surface area contributed by atoms with Crippen molar-refractivity contribution in [3.8, 4) is 0 Å². The average molecular weight is 426 g/mol. The molecule has 2 aromatic heterocycles. The topological polar surface area (TPSA) is 114 Å². The molecule has 4 N–H and O–H groups in total. The molecule has 156 valence electrons.